The van der Waals surface area contributed by atoms with Gasteiger partial charge in [0.25, 0.3) is 0 Å². The summed E-state index contributed by atoms with van der Waals surface area (Å²) in [6.07, 6.45) is 5.07. The Hall–Kier alpha value is -1.43. The monoisotopic (exact) mass is 253 g/mol. The first-order valence-corrected chi connectivity index (χ1v) is 4.76. The summed E-state index contributed by atoms with van der Waals surface area (Å²) < 4.78 is 2.60. The number of rotatable bonds is 2. The molecule has 14 heavy (non-hydrogen) atoms. The van der Waals surface area contributed by atoms with Gasteiger partial charge in [0.15, 0.2) is 0 Å². The van der Waals surface area contributed by atoms with E-state index in [2.05, 4.69) is 36.2 Å². The Morgan fingerprint density at radius 2 is 2.14 bits per heavy atom. The molecule has 0 atom stereocenters. The van der Waals surface area contributed by atoms with Crippen molar-refractivity contribution >= 4 is 27.6 Å². The van der Waals surface area contributed by atoms with Crippen LogP contribution in [-0.4, -0.2) is 19.5 Å². The topological polar surface area (TPSA) is 55.6 Å². The summed E-state index contributed by atoms with van der Waals surface area (Å²) in [4.78, 5) is 12.1. The average molecular weight is 254 g/mol. The molecule has 1 N–H and O–H groups in total. The highest BCUT2D eigenvalue weighted by Crippen LogP contribution is 2.14. The van der Waals surface area contributed by atoms with Gasteiger partial charge < -0.3 is 9.88 Å². The zero-order valence-corrected chi connectivity index (χ0v) is 9.06. The molecule has 2 rings (SSSR count). The lowest BCUT2D eigenvalue weighted by Crippen LogP contribution is -1.94. The van der Waals surface area contributed by atoms with Crippen molar-refractivity contribution in [3.05, 3.63) is 29.5 Å². The maximum absolute atomic E-state index is 4.12. The van der Waals surface area contributed by atoms with Gasteiger partial charge in [0.05, 0.1) is 6.33 Å². The minimum absolute atomic E-state index is 0.713. The van der Waals surface area contributed by atoms with Crippen LogP contribution in [0.3, 0.4) is 0 Å². The second-order valence-corrected chi connectivity index (χ2v) is 3.59. The van der Waals surface area contributed by atoms with Gasteiger partial charge in [-0.05, 0) is 15.9 Å². The van der Waals surface area contributed by atoms with E-state index >= 15 is 0 Å². The van der Waals surface area contributed by atoms with Gasteiger partial charge in [0, 0.05) is 19.3 Å². The summed E-state index contributed by atoms with van der Waals surface area (Å²) in [7, 11) is 1.91. The Balaban J connectivity index is 2.18. The summed E-state index contributed by atoms with van der Waals surface area (Å²) in [6.45, 7) is 0. The van der Waals surface area contributed by atoms with Gasteiger partial charge in [-0.2, -0.15) is 0 Å². The molecule has 0 aromatic carbocycles. The molecule has 0 aliphatic carbocycles. The van der Waals surface area contributed by atoms with Crippen molar-refractivity contribution in [2.75, 3.05) is 5.32 Å². The lowest BCUT2D eigenvalue weighted by atomic mass is 10.5. The minimum Gasteiger partial charge on any atom is -0.338 e. The Kier molecular flexibility index (Phi) is 2.45. The predicted molar refractivity (Wildman–Crippen MR) is 56.2 cm³/mol. The van der Waals surface area contributed by atoms with Crippen LogP contribution in [0.25, 0.3) is 0 Å². The second kappa shape index (κ2) is 3.75. The van der Waals surface area contributed by atoms with Gasteiger partial charge in [-0.1, -0.05) is 0 Å². The molecule has 0 saturated heterocycles. The summed E-state index contributed by atoms with van der Waals surface area (Å²) in [5.74, 6) is 1.48. The molecule has 0 bridgehead atoms. The van der Waals surface area contributed by atoms with E-state index < -0.39 is 0 Å². The average Bonchev–Trinajstić information content (AvgIpc) is 2.51. The van der Waals surface area contributed by atoms with Crippen molar-refractivity contribution in [2.45, 2.75) is 0 Å². The molecule has 2 aromatic heterocycles. The van der Waals surface area contributed by atoms with Gasteiger partial charge in [-0.25, -0.2) is 15.0 Å². The molecular formula is C8H8BrN5. The maximum atomic E-state index is 4.12. The first kappa shape index (κ1) is 9.14. The molecule has 2 heterocycles. The van der Waals surface area contributed by atoms with Crippen LogP contribution >= 0.6 is 15.9 Å². The lowest BCUT2D eigenvalue weighted by molar-refractivity contribution is 0.913. The zero-order chi connectivity index (χ0) is 9.97. The number of aryl methyl sites for hydroxylation is 1. The predicted octanol–water partition coefficient (Wildman–Crippen LogP) is 1.72. The standard InChI is InChI=1S/C8H8BrN5/c1-14-3-8(12-5-14)13-7-2-6(9)10-4-11-7/h2-5H,1H3,(H,10,11,13). The maximum Gasteiger partial charge on any atom is 0.149 e. The SMILES string of the molecule is Cn1cnc(Nc2cc(Br)ncn2)c1. The van der Waals surface area contributed by atoms with Crippen LogP contribution < -0.4 is 5.32 Å². The molecule has 2 aromatic rings. The largest absolute Gasteiger partial charge is 0.338 e. The number of imidazole rings is 1. The Morgan fingerprint density at radius 1 is 1.29 bits per heavy atom. The van der Waals surface area contributed by atoms with E-state index in [9.17, 15) is 0 Å². The molecule has 0 saturated carbocycles. The molecule has 0 fully saturated rings. The third-order valence-electron chi connectivity index (χ3n) is 1.59. The quantitative estimate of drug-likeness (QED) is 0.829. The van der Waals surface area contributed by atoms with E-state index in [4.69, 9.17) is 0 Å². The second-order valence-electron chi connectivity index (χ2n) is 2.78. The van der Waals surface area contributed by atoms with Crippen LogP contribution in [0.5, 0.6) is 0 Å². The molecule has 6 heteroatoms. The fourth-order valence-corrected chi connectivity index (χ4v) is 1.32. The normalized spacial score (nSPS) is 10.1. The van der Waals surface area contributed by atoms with Crippen molar-refractivity contribution in [1.82, 2.24) is 19.5 Å². The Labute approximate surface area is 89.3 Å². The minimum atomic E-state index is 0.713. The first-order chi connectivity index (χ1) is 6.74. The third kappa shape index (κ3) is 2.08. The highest BCUT2D eigenvalue weighted by molar-refractivity contribution is 9.10. The number of anilines is 2. The van der Waals surface area contributed by atoms with Crippen LogP contribution in [0.2, 0.25) is 0 Å². The highest BCUT2D eigenvalue weighted by atomic mass is 79.9. The van der Waals surface area contributed by atoms with E-state index in [0.717, 1.165) is 10.4 Å². The molecule has 72 valence electrons. The third-order valence-corrected chi connectivity index (χ3v) is 2.03. The number of aromatic nitrogens is 4. The summed E-state index contributed by atoms with van der Waals surface area (Å²) >= 11 is 3.26. The summed E-state index contributed by atoms with van der Waals surface area (Å²) in [5, 5.41) is 3.05. The fraction of sp³-hybridized carbons (Fsp3) is 0.125. The van der Waals surface area contributed by atoms with Crippen molar-refractivity contribution in [2.24, 2.45) is 7.05 Å². The van der Waals surface area contributed by atoms with Crippen molar-refractivity contribution < 1.29 is 0 Å². The van der Waals surface area contributed by atoms with Gasteiger partial charge in [-0.3, -0.25) is 0 Å². The van der Waals surface area contributed by atoms with E-state index in [1.807, 2.05) is 17.8 Å². The lowest BCUT2D eigenvalue weighted by Gasteiger charge is -2.00. The molecular weight excluding hydrogens is 246 g/mol. The van der Waals surface area contributed by atoms with E-state index in [1.165, 1.54) is 6.33 Å². The number of nitrogens with zero attached hydrogens (tertiary/aromatic N) is 4. The highest BCUT2D eigenvalue weighted by Gasteiger charge is 1.99. The first-order valence-electron chi connectivity index (χ1n) is 3.96. The zero-order valence-electron chi connectivity index (χ0n) is 7.48. The van der Waals surface area contributed by atoms with Gasteiger partial charge >= 0.3 is 0 Å². The molecule has 5 nitrogen and oxygen atoms in total. The van der Waals surface area contributed by atoms with Crippen LogP contribution in [-0.2, 0) is 7.05 Å². The molecule has 0 radical (unpaired) electrons. The summed E-state index contributed by atoms with van der Waals surface area (Å²) in [6, 6.07) is 1.79. The van der Waals surface area contributed by atoms with Crippen LogP contribution in [0.4, 0.5) is 11.6 Å². The number of halogens is 1. The smallest absolute Gasteiger partial charge is 0.149 e. The van der Waals surface area contributed by atoms with Crippen LogP contribution in [0, 0.1) is 0 Å². The van der Waals surface area contributed by atoms with Gasteiger partial charge in [0.2, 0.25) is 0 Å². The molecule has 0 aliphatic heterocycles. The van der Waals surface area contributed by atoms with Crippen molar-refractivity contribution in [3.63, 3.8) is 0 Å². The van der Waals surface area contributed by atoms with Crippen LogP contribution in [0.15, 0.2) is 29.5 Å². The van der Waals surface area contributed by atoms with E-state index in [1.54, 1.807) is 12.4 Å². The van der Waals surface area contributed by atoms with Crippen LogP contribution in [0.1, 0.15) is 0 Å². The van der Waals surface area contributed by atoms with Crippen molar-refractivity contribution in [1.29, 1.82) is 0 Å². The summed E-state index contributed by atoms with van der Waals surface area (Å²) in [5.41, 5.74) is 0. The molecule has 0 amide bonds. The number of hydrogen-bond acceptors (Lipinski definition) is 4. The Morgan fingerprint density at radius 3 is 2.79 bits per heavy atom. The number of hydrogen-bond donors (Lipinski definition) is 1. The van der Waals surface area contributed by atoms with E-state index in [-0.39, 0.29) is 0 Å². The molecule has 0 spiro atoms. The number of nitrogens with one attached hydrogen (secondary N) is 1. The fourth-order valence-electron chi connectivity index (χ4n) is 1.01. The molecule has 0 unspecified atom stereocenters. The van der Waals surface area contributed by atoms with Gasteiger partial charge in [-0.15, -0.1) is 0 Å². The Bertz CT molecular complexity index is 439. The van der Waals surface area contributed by atoms with Crippen molar-refractivity contribution in [3.8, 4) is 0 Å². The van der Waals surface area contributed by atoms with Gasteiger partial charge in [0.1, 0.15) is 22.6 Å². The molecule has 0 aliphatic rings. The van der Waals surface area contributed by atoms with E-state index in [0.29, 0.717) is 5.82 Å².